The van der Waals surface area contributed by atoms with Gasteiger partial charge in [-0.05, 0) is 48.7 Å². The van der Waals surface area contributed by atoms with E-state index in [1.807, 2.05) is 19.1 Å². The Hall–Kier alpha value is -2.25. The molecular formula is C18H21FN2O3S. The van der Waals surface area contributed by atoms with Crippen LogP contribution < -0.4 is 5.32 Å². The average Bonchev–Trinajstić information content (AvgIpc) is 2.52. The molecule has 0 aliphatic rings. The van der Waals surface area contributed by atoms with Gasteiger partial charge in [0, 0.05) is 12.2 Å². The van der Waals surface area contributed by atoms with Gasteiger partial charge in [0.2, 0.25) is 15.9 Å². The molecule has 0 heterocycles. The molecule has 0 atom stereocenters. The summed E-state index contributed by atoms with van der Waals surface area (Å²) in [5, 5.41) is 2.70. The fourth-order valence-electron chi connectivity index (χ4n) is 2.35. The van der Waals surface area contributed by atoms with Crippen LogP contribution in [0.2, 0.25) is 0 Å². The van der Waals surface area contributed by atoms with Gasteiger partial charge in [-0.1, -0.05) is 24.3 Å². The third-order valence-electron chi connectivity index (χ3n) is 3.65. The molecule has 0 aromatic heterocycles. The number of aryl methyl sites for hydroxylation is 1. The van der Waals surface area contributed by atoms with Crippen LogP contribution in [-0.4, -0.2) is 38.0 Å². The van der Waals surface area contributed by atoms with Crippen molar-refractivity contribution in [2.45, 2.75) is 13.3 Å². The molecule has 1 N–H and O–H groups in total. The maximum Gasteiger partial charge on any atom is 0.239 e. The van der Waals surface area contributed by atoms with Gasteiger partial charge in [0.1, 0.15) is 5.82 Å². The number of carbonyl (C=O) groups is 1. The first-order valence-electron chi connectivity index (χ1n) is 7.80. The first kappa shape index (κ1) is 19.1. The summed E-state index contributed by atoms with van der Waals surface area (Å²) in [7, 11) is -3.54. The number of carbonyl (C=O) groups excluding carboxylic acids is 1. The predicted molar refractivity (Wildman–Crippen MR) is 96.3 cm³/mol. The Balaban J connectivity index is 2.00. The quantitative estimate of drug-likeness (QED) is 0.821. The molecule has 1 amide bonds. The Kier molecular flexibility index (Phi) is 6.27. The number of hydrogen-bond donors (Lipinski definition) is 1. The lowest BCUT2D eigenvalue weighted by atomic mass is 10.1. The van der Waals surface area contributed by atoms with E-state index in [4.69, 9.17) is 0 Å². The van der Waals surface area contributed by atoms with E-state index in [0.717, 1.165) is 21.7 Å². The molecular weight excluding hydrogens is 343 g/mol. The van der Waals surface area contributed by atoms with E-state index >= 15 is 0 Å². The van der Waals surface area contributed by atoms with Crippen molar-refractivity contribution in [1.82, 2.24) is 4.31 Å². The van der Waals surface area contributed by atoms with Gasteiger partial charge in [-0.15, -0.1) is 0 Å². The van der Waals surface area contributed by atoms with Crippen LogP contribution in [-0.2, 0) is 21.2 Å². The second kappa shape index (κ2) is 8.22. The fraction of sp³-hybridized carbons (Fsp3) is 0.278. The van der Waals surface area contributed by atoms with Crippen molar-refractivity contribution in [3.63, 3.8) is 0 Å². The zero-order valence-corrected chi connectivity index (χ0v) is 15.0. The average molecular weight is 364 g/mol. The standard InChI is InChI=1S/C18H21FN2O3S/c1-14-4-3-5-17(12-14)20-18(22)13-21(25(2,23)24)11-10-15-6-8-16(19)9-7-15/h3-9,12H,10-11,13H2,1-2H3,(H,20,22). The van der Waals surface area contributed by atoms with Crippen LogP contribution in [0.5, 0.6) is 0 Å². The van der Waals surface area contributed by atoms with E-state index in [0.29, 0.717) is 12.1 Å². The second-order valence-electron chi connectivity index (χ2n) is 5.89. The molecule has 0 fully saturated rings. The summed E-state index contributed by atoms with van der Waals surface area (Å²) in [6.45, 7) is 1.78. The van der Waals surface area contributed by atoms with Crippen molar-refractivity contribution < 1.29 is 17.6 Å². The molecule has 0 spiro atoms. The van der Waals surface area contributed by atoms with Gasteiger partial charge in [0.05, 0.1) is 12.8 Å². The van der Waals surface area contributed by atoms with Crippen molar-refractivity contribution in [3.8, 4) is 0 Å². The molecule has 0 saturated heterocycles. The monoisotopic (exact) mass is 364 g/mol. The Morgan fingerprint density at radius 2 is 1.84 bits per heavy atom. The Morgan fingerprint density at radius 3 is 2.44 bits per heavy atom. The number of anilines is 1. The molecule has 0 bridgehead atoms. The molecule has 2 aromatic carbocycles. The normalized spacial score (nSPS) is 11.5. The minimum absolute atomic E-state index is 0.145. The topological polar surface area (TPSA) is 66.5 Å². The van der Waals surface area contributed by atoms with Crippen LogP contribution >= 0.6 is 0 Å². The Morgan fingerprint density at radius 1 is 1.16 bits per heavy atom. The zero-order valence-electron chi connectivity index (χ0n) is 14.2. The predicted octanol–water partition coefficient (Wildman–Crippen LogP) is 2.58. The lowest BCUT2D eigenvalue weighted by Crippen LogP contribution is -2.38. The van der Waals surface area contributed by atoms with E-state index in [2.05, 4.69) is 5.32 Å². The van der Waals surface area contributed by atoms with Crippen molar-refractivity contribution in [2.24, 2.45) is 0 Å². The summed E-state index contributed by atoms with van der Waals surface area (Å²) in [5.41, 5.74) is 2.42. The van der Waals surface area contributed by atoms with Crippen molar-refractivity contribution in [3.05, 3.63) is 65.5 Å². The zero-order chi connectivity index (χ0) is 18.4. The van der Waals surface area contributed by atoms with Gasteiger partial charge in [0.15, 0.2) is 0 Å². The van der Waals surface area contributed by atoms with Crippen LogP contribution in [0.25, 0.3) is 0 Å². The summed E-state index contributed by atoms with van der Waals surface area (Å²) >= 11 is 0. The highest BCUT2D eigenvalue weighted by Crippen LogP contribution is 2.11. The smallest absolute Gasteiger partial charge is 0.239 e. The number of sulfonamides is 1. The Labute approximate surface area is 147 Å². The third kappa shape index (κ3) is 6.28. The summed E-state index contributed by atoms with van der Waals surface area (Å²) in [6, 6.07) is 13.1. The van der Waals surface area contributed by atoms with Crippen LogP contribution in [0.4, 0.5) is 10.1 Å². The summed E-state index contributed by atoms with van der Waals surface area (Å²) in [5.74, 6) is -0.753. The maximum absolute atomic E-state index is 12.9. The molecule has 5 nitrogen and oxygen atoms in total. The summed E-state index contributed by atoms with van der Waals surface area (Å²) < 4.78 is 37.9. The number of nitrogens with one attached hydrogen (secondary N) is 1. The van der Waals surface area contributed by atoms with Crippen LogP contribution in [0.15, 0.2) is 48.5 Å². The molecule has 2 rings (SSSR count). The number of benzene rings is 2. The molecule has 7 heteroatoms. The molecule has 134 valence electrons. The maximum atomic E-state index is 12.9. The van der Waals surface area contributed by atoms with Crippen molar-refractivity contribution in [2.75, 3.05) is 24.7 Å². The molecule has 0 aliphatic carbocycles. The van der Waals surface area contributed by atoms with Crippen molar-refractivity contribution >= 4 is 21.6 Å². The molecule has 0 radical (unpaired) electrons. The van der Waals surface area contributed by atoms with Gasteiger partial charge in [-0.2, -0.15) is 4.31 Å². The molecule has 2 aromatic rings. The van der Waals surface area contributed by atoms with Gasteiger partial charge < -0.3 is 5.32 Å². The third-order valence-corrected chi connectivity index (χ3v) is 4.90. The van der Waals surface area contributed by atoms with Crippen molar-refractivity contribution in [1.29, 1.82) is 0 Å². The lowest BCUT2D eigenvalue weighted by Gasteiger charge is -2.19. The van der Waals surface area contributed by atoms with E-state index in [9.17, 15) is 17.6 Å². The highest BCUT2D eigenvalue weighted by Gasteiger charge is 2.20. The van der Waals surface area contributed by atoms with E-state index < -0.39 is 15.9 Å². The lowest BCUT2D eigenvalue weighted by molar-refractivity contribution is -0.116. The van der Waals surface area contributed by atoms with Crippen LogP contribution in [0.3, 0.4) is 0 Å². The highest BCUT2D eigenvalue weighted by molar-refractivity contribution is 7.88. The summed E-state index contributed by atoms with van der Waals surface area (Å²) in [6.07, 6.45) is 1.46. The number of amides is 1. The fourth-order valence-corrected chi connectivity index (χ4v) is 3.13. The highest BCUT2D eigenvalue weighted by atomic mass is 32.2. The largest absolute Gasteiger partial charge is 0.325 e. The second-order valence-corrected chi connectivity index (χ2v) is 7.87. The number of rotatable bonds is 7. The molecule has 0 saturated carbocycles. The van der Waals surface area contributed by atoms with E-state index in [1.165, 1.54) is 12.1 Å². The van der Waals surface area contributed by atoms with Gasteiger partial charge in [-0.3, -0.25) is 4.79 Å². The SMILES string of the molecule is Cc1cccc(NC(=O)CN(CCc2ccc(F)cc2)S(C)(=O)=O)c1. The number of halogens is 1. The molecule has 0 aliphatic heterocycles. The van der Waals surface area contributed by atoms with E-state index in [1.54, 1.807) is 24.3 Å². The van der Waals surface area contributed by atoms with Crippen LogP contribution in [0, 0.1) is 12.7 Å². The molecule has 25 heavy (non-hydrogen) atoms. The van der Waals surface area contributed by atoms with Crippen LogP contribution in [0.1, 0.15) is 11.1 Å². The minimum Gasteiger partial charge on any atom is -0.325 e. The minimum atomic E-state index is -3.54. The summed E-state index contributed by atoms with van der Waals surface area (Å²) in [4.78, 5) is 12.2. The van der Waals surface area contributed by atoms with Gasteiger partial charge in [-0.25, -0.2) is 12.8 Å². The number of hydrogen-bond acceptors (Lipinski definition) is 3. The van der Waals surface area contributed by atoms with E-state index in [-0.39, 0.29) is 18.9 Å². The molecule has 0 unspecified atom stereocenters. The Bertz CT molecular complexity index is 836. The first-order chi connectivity index (χ1) is 11.7. The van der Waals surface area contributed by atoms with Gasteiger partial charge >= 0.3 is 0 Å². The van der Waals surface area contributed by atoms with Gasteiger partial charge in [0.25, 0.3) is 0 Å². The number of nitrogens with zero attached hydrogens (tertiary/aromatic N) is 1. The first-order valence-corrected chi connectivity index (χ1v) is 9.65.